The quantitative estimate of drug-likeness (QED) is 0.327. The minimum atomic E-state index is -0.272. The fourth-order valence-corrected chi connectivity index (χ4v) is 9.51. The Labute approximate surface area is 185 Å². The first kappa shape index (κ1) is 22.6. The van der Waals surface area contributed by atoms with Gasteiger partial charge >= 0.3 is 0 Å². The molecule has 0 aromatic carbocycles. The maximum absolute atomic E-state index is 12.3. The molecule has 0 saturated heterocycles. The summed E-state index contributed by atoms with van der Waals surface area (Å²) < 4.78 is 0. The standard InChI is InChI=1S/C27H47NO2/c1-18(2)9-8-10-19(3)21-12-13-22-25-23(14-16-27(21,22)5)26(4)15-7-6-11-20(26)17-24(25)28(29)30/h18-25H,6-17H2,1-5H3/t19-,20-,21?,22?,23?,24?,25?,26?,27?/m1/s1. The van der Waals surface area contributed by atoms with Crippen molar-refractivity contribution in [3.8, 4) is 0 Å². The van der Waals surface area contributed by atoms with Crippen molar-refractivity contribution in [3.05, 3.63) is 10.1 Å². The monoisotopic (exact) mass is 417 g/mol. The third-order valence-electron chi connectivity index (χ3n) is 11.1. The molecule has 0 spiro atoms. The molecule has 30 heavy (non-hydrogen) atoms. The topological polar surface area (TPSA) is 43.1 Å². The van der Waals surface area contributed by atoms with Crippen LogP contribution in [-0.2, 0) is 0 Å². The lowest BCUT2D eigenvalue weighted by molar-refractivity contribution is -0.548. The van der Waals surface area contributed by atoms with Crippen molar-refractivity contribution < 1.29 is 4.92 Å². The second-order valence-electron chi connectivity index (χ2n) is 12.9. The molecule has 0 radical (unpaired) electrons. The number of nitro groups is 1. The van der Waals surface area contributed by atoms with E-state index in [1.165, 1.54) is 70.6 Å². The van der Waals surface area contributed by atoms with E-state index >= 15 is 0 Å². The molecule has 0 N–H and O–H groups in total. The maximum atomic E-state index is 12.3. The summed E-state index contributed by atoms with van der Waals surface area (Å²) in [6.07, 6.45) is 15.2. The molecule has 0 aromatic heterocycles. The number of rotatable bonds is 6. The lowest BCUT2D eigenvalue weighted by Crippen LogP contribution is -2.59. The summed E-state index contributed by atoms with van der Waals surface area (Å²) in [6, 6.07) is -0.272. The van der Waals surface area contributed by atoms with E-state index in [9.17, 15) is 10.1 Å². The van der Waals surface area contributed by atoms with E-state index < -0.39 is 0 Å². The second kappa shape index (κ2) is 8.39. The number of hydrogen-bond acceptors (Lipinski definition) is 2. The molecule has 0 aromatic rings. The van der Waals surface area contributed by atoms with E-state index in [0.717, 1.165) is 24.2 Å². The second-order valence-corrected chi connectivity index (χ2v) is 12.9. The van der Waals surface area contributed by atoms with E-state index in [1.807, 2.05) is 0 Å². The molecule has 3 nitrogen and oxygen atoms in total. The molecule has 3 heteroatoms. The summed E-state index contributed by atoms with van der Waals surface area (Å²) in [5, 5.41) is 12.3. The molecule has 4 aliphatic carbocycles. The first-order valence-corrected chi connectivity index (χ1v) is 13.3. The Bertz CT molecular complexity index is 632. The van der Waals surface area contributed by atoms with Crippen molar-refractivity contribution in [2.45, 2.75) is 118 Å². The lowest BCUT2D eigenvalue weighted by atomic mass is 9.43. The highest BCUT2D eigenvalue weighted by Crippen LogP contribution is 2.68. The highest BCUT2D eigenvalue weighted by atomic mass is 16.6. The fourth-order valence-electron chi connectivity index (χ4n) is 9.51. The van der Waals surface area contributed by atoms with E-state index in [0.29, 0.717) is 34.5 Å². The molecule has 9 atom stereocenters. The van der Waals surface area contributed by atoms with Crippen LogP contribution in [0.4, 0.5) is 0 Å². The van der Waals surface area contributed by atoms with Crippen molar-refractivity contribution in [2.24, 2.45) is 52.3 Å². The van der Waals surface area contributed by atoms with Gasteiger partial charge in [-0.15, -0.1) is 0 Å². The number of hydrogen-bond donors (Lipinski definition) is 0. The zero-order valence-corrected chi connectivity index (χ0v) is 20.4. The van der Waals surface area contributed by atoms with Crippen molar-refractivity contribution in [3.63, 3.8) is 0 Å². The zero-order chi connectivity index (χ0) is 21.7. The van der Waals surface area contributed by atoms with Gasteiger partial charge < -0.3 is 0 Å². The van der Waals surface area contributed by atoms with Gasteiger partial charge in [-0.1, -0.05) is 66.7 Å². The van der Waals surface area contributed by atoms with Crippen LogP contribution < -0.4 is 0 Å². The highest BCUT2D eigenvalue weighted by molar-refractivity contribution is 5.11. The molecule has 4 saturated carbocycles. The van der Waals surface area contributed by atoms with Gasteiger partial charge in [-0.2, -0.15) is 0 Å². The molecule has 4 rings (SSSR count). The van der Waals surface area contributed by atoms with Crippen LogP contribution in [0.3, 0.4) is 0 Å². The highest BCUT2D eigenvalue weighted by Gasteiger charge is 2.65. The summed E-state index contributed by atoms with van der Waals surface area (Å²) in [5.41, 5.74) is 0.711. The molecule has 172 valence electrons. The minimum Gasteiger partial charge on any atom is -0.264 e. The average Bonchev–Trinajstić information content (AvgIpc) is 3.03. The third kappa shape index (κ3) is 3.64. The van der Waals surface area contributed by atoms with Crippen LogP contribution >= 0.6 is 0 Å². The largest absolute Gasteiger partial charge is 0.264 e. The van der Waals surface area contributed by atoms with Gasteiger partial charge in [-0.05, 0) is 84.9 Å². The fraction of sp³-hybridized carbons (Fsp3) is 1.00. The molecular weight excluding hydrogens is 370 g/mol. The normalized spacial score (nSPS) is 46.7. The van der Waals surface area contributed by atoms with Crippen LogP contribution in [0, 0.1) is 62.4 Å². The lowest BCUT2D eigenvalue weighted by Gasteiger charge is -2.60. The molecule has 7 unspecified atom stereocenters. The van der Waals surface area contributed by atoms with Crippen LogP contribution in [0.2, 0.25) is 0 Å². The summed E-state index contributed by atoms with van der Waals surface area (Å²) in [5.74, 6) is 4.46. The van der Waals surface area contributed by atoms with Gasteiger partial charge in [0.2, 0.25) is 6.04 Å². The molecule has 4 fully saturated rings. The molecule has 0 amide bonds. The minimum absolute atomic E-state index is 0.164. The van der Waals surface area contributed by atoms with Crippen molar-refractivity contribution in [1.29, 1.82) is 0 Å². The van der Waals surface area contributed by atoms with E-state index in [1.54, 1.807) is 0 Å². The Morgan fingerprint density at radius 2 is 1.67 bits per heavy atom. The average molecular weight is 418 g/mol. The van der Waals surface area contributed by atoms with Crippen LogP contribution in [0.25, 0.3) is 0 Å². The van der Waals surface area contributed by atoms with Gasteiger partial charge in [0.1, 0.15) is 0 Å². The van der Waals surface area contributed by atoms with Gasteiger partial charge in [-0.25, -0.2) is 0 Å². The SMILES string of the molecule is CC(C)CCC[C@@H](C)C1CCC2C3C([N+](=O)[O-])C[C@H]4CCCCC4(C)C3CCC21C. The first-order chi connectivity index (χ1) is 14.2. The summed E-state index contributed by atoms with van der Waals surface area (Å²) in [6.45, 7) is 12.2. The number of fused-ring (bicyclic) bond motifs is 5. The maximum Gasteiger partial charge on any atom is 0.216 e. The van der Waals surface area contributed by atoms with E-state index in [4.69, 9.17) is 0 Å². The molecule has 0 heterocycles. The Morgan fingerprint density at radius 3 is 2.37 bits per heavy atom. The molecule has 0 bridgehead atoms. The van der Waals surface area contributed by atoms with Gasteiger partial charge in [0.05, 0.1) is 0 Å². The van der Waals surface area contributed by atoms with E-state index in [-0.39, 0.29) is 11.0 Å². The van der Waals surface area contributed by atoms with Gasteiger partial charge in [-0.3, -0.25) is 10.1 Å². The Morgan fingerprint density at radius 1 is 0.933 bits per heavy atom. The van der Waals surface area contributed by atoms with Crippen LogP contribution in [0.5, 0.6) is 0 Å². The van der Waals surface area contributed by atoms with Crippen LogP contribution in [-0.4, -0.2) is 11.0 Å². The zero-order valence-electron chi connectivity index (χ0n) is 20.4. The Kier molecular flexibility index (Phi) is 6.32. The Balaban J connectivity index is 1.57. The van der Waals surface area contributed by atoms with Gasteiger partial charge in [0, 0.05) is 17.3 Å². The van der Waals surface area contributed by atoms with Gasteiger partial charge in [0.15, 0.2) is 0 Å². The predicted octanol–water partition coefficient (Wildman–Crippen LogP) is 7.75. The number of nitrogens with zero attached hydrogens (tertiary/aromatic N) is 1. The van der Waals surface area contributed by atoms with Crippen molar-refractivity contribution >= 4 is 0 Å². The van der Waals surface area contributed by atoms with Crippen LogP contribution in [0.1, 0.15) is 112 Å². The summed E-state index contributed by atoms with van der Waals surface area (Å²) >= 11 is 0. The van der Waals surface area contributed by atoms with Gasteiger partial charge in [0.25, 0.3) is 0 Å². The van der Waals surface area contributed by atoms with Crippen molar-refractivity contribution in [2.75, 3.05) is 0 Å². The molecular formula is C27H47NO2. The molecule has 0 aliphatic heterocycles. The third-order valence-corrected chi connectivity index (χ3v) is 11.1. The predicted molar refractivity (Wildman–Crippen MR) is 124 cm³/mol. The van der Waals surface area contributed by atoms with Crippen LogP contribution in [0.15, 0.2) is 0 Å². The van der Waals surface area contributed by atoms with Crippen molar-refractivity contribution in [1.82, 2.24) is 0 Å². The van der Waals surface area contributed by atoms with E-state index in [2.05, 4.69) is 34.6 Å². The molecule has 4 aliphatic rings. The summed E-state index contributed by atoms with van der Waals surface area (Å²) in [7, 11) is 0. The summed E-state index contributed by atoms with van der Waals surface area (Å²) in [4.78, 5) is 12.5. The Hall–Kier alpha value is -0.600. The smallest absolute Gasteiger partial charge is 0.216 e. The first-order valence-electron chi connectivity index (χ1n) is 13.3.